The van der Waals surface area contributed by atoms with Gasteiger partial charge in [-0.15, -0.1) is 0 Å². The first-order valence-electron chi connectivity index (χ1n) is 6.93. The molecule has 4 aliphatic rings. The molecule has 92 valence electrons. The first kappa shape index (κ1) is 11.0. The van der Waals surface area contributed by atoms with Crippen LogP contribution in [0.25, 0.3) is 0 Å². The van der Waals surface area contributed by atoms with Gasteiger partial charge in [0.15, 0.2) is 0 Å². The van der Waals surface area contributed by atoms with E-state index in [1.165, 1.54) is 38.5 Å². The molecule has 4 N–H and O–H groups in total. The molecule has 1 unspecified atom stereocenters. The summed E-state index contributed by atoms with van der Waals surface area (Å²) >= 11 is 0. The summed E-state index contributed by atoms with van der Waals surface area (Å²) in [7, 11) is 0. The highest BCUT2D eigenvalue weighted by molar-refractivity contribution is 5.09. The van der Waals surface area contributed by atoms with Gasteiger partial charge in [0.25, 0.3) is 0 Å². The Kier molecular flexibility index (Phi) is 2.23. The molecule has 16 heavy (non-hydrogen) atoms. The van der Waals surface area contributed by atoms with Crippen molar-refractivity contribution < 1.29 is 0 Å². The van der Waals surface area contributed by atoms with Crippen LogP contribution < -0.4 is 11.5 Å². The summed E-state index contributed by atoms with van der Waals surface area (Å²) < 4.78 is 0. The van der Waals surface area contributed by atoms with Crippen LogP contribution in [0.4, 0.5) is 0 Å². The quantitative estimate of drug-likeness (QED) is 0.753. The van der Waals surface area contributed by atoms with E-state index < -0.39 is 0 Å². The zero-order chi connectivity index (χ0) is 11.6. The molecule has 0 aliphatic heterocycles. The maximum atomic E-state index is 6.52. The summed E-state index contributed by atoms with van der Waals surface area (Å²) in [5.74, 6) is 2.92. The van der Waals surface area contributed by atoms with Crippen molar-refractivity contribution in [3.63, 3.8) is 0 Å². The summed E-state index contributed by atoms with van der Waals surface area (Å²) in [4.78, 5) is 0. The van der Waals surface area contributed by atoms with Gasteiger partial charge in [-0.2, -0.15) is 0 Å². The molecule has 0 aromatic carbocycles. The van der Waals surface area contributed by atoms with Gasteiger partial charge in [0, 0.05) is 11.6 Å². The molecule has 4 aliphatic carbocycles. The molecule has 4 saturated carbocycles. The molecule has 0 aromatic rings. The summed E-state index contributed by atoms with van der Waals surface area (Å²) in [6, 6.07) is 0.188. The normalized spacial score (nSPS) is 48.4. The fourth-order valence-corrected chi connectivity index (χ4v) is 5.35. The first-order chi connectivity index (χ1) is 7.39. The van der Waals surface area contributed by atoms with Gasteiger partial charge in [0.1, 0.15) is 0 Å². The Labute approximate surface area is 99.1 Å². The maximum Gasteiger partial charge on any atom is 0.0273 e. The topological polar surface area (TPSA) is 52.0 Å². The minimum Gasteiger partial charge on any atom is -0.326 e. The summed E-state index contributed by atoms with van der Waals surface area (Å²) in [5.41, 5.74) is 13.0. The molecule has 4 bridgehead atoms. The van der Waals surface area contributed by atoms with Crippen LogP contribution in [-0.2, 0) is 0 Å². The van der Waals surface area contributed by atoms with Crippen molar-refractivity contribution in [3.05, 3.63) is 0 Å². The Morgan fingerprint density at radius 2 is 1.38 bits per heavy atom. The van der Waals surface area contributed by atoms with Gasteiger partial charge in [-0.05, 0) is 75.5 Å². The van der Waals surface area contributed by atoms with Crippen molar-refractivity contribution in [2.45, 2.75) is 64.0 Å². The summed E-state index contributed by atoms with van der Waals surface area (Å²) in [6.07, 6.45) is 8.54. The largest absolute Gasteiger partial charge is 0.326 e. The predicted molar refractivity (Wildman–Crippen MR) is 66.8 cm³/mol. The molecule has 0 radical (unpaired) electrons. The minimum absolute atomic E-state index is 0.188. The molecule has 0 heterocycles. The van der Waals surface area contributed by atoms with Crippen LogP contribution in [0.5, 0.6) is 0 Å². The van der Waals surface area contributed by atoms with E-state index in [4.69, 9.17) is 11.5 Å². The number of nitrogens with two attached hydrogens (primary N) is 2. The smallest absolute Gasteiger partial charge is 0.0273 e. The van der Waals surface area contributed by atoms with Crippen molar-refractivity contribution in [1.29, 1.82) is 0 Å². The van der Waals surface area contributed by atoms with E-state index in [1.807, 2.05) is 0 Å². The minimum atomic E-state index is -0.217. The average Bonchev–Trinajstić information content (AvgIpc) is 2.12. The van der Waals surface area contributed by atoms with Crippen LogP contribution in [0, 0.1) is 23.2 Å². The fourth-order valence-electron chi connectivity index (χ4n) is 5.35. The summed E-state index contributed by atoms with van der Waals surface area (Å²) in [6.45, 7) is 4.21. The van der Waals surface area contributed by atoms with Crippen LogP contribution in [0.3, 0.4) is 0 Å². The van der Waals surface area contributed by atoms with Gasteiger partial charge >= 0.3 is 0 Å². The van der Waals surface area contributed by atoms with Crippen molar-refractivity contribution >= 4 is 0 Å². The van der Waals surface area contributed by atoms with E-state index in [0.717, 1.165) is 17.8 Å². The molecule has 0 spiro atoms. The SMILES string of the molecule is CC(C)(N)C(N)C12CC3CC(CC(C3)C1)C2. The summed E-state index contributed by atoms with van der Waals surface area (Å²) in [5, 5.41) is 0. The second-order valence-corrected chi connectivity index (χ2v) is 7.58. The van der Waals surface area contributed by atoms with E-state index in [2.05, 4.69) is 13.8 Å². The molecule has 2 heteroatoms. The molecular weight excluding hydrogens is 196 g/mol. The van der Waals surface area contributed by atoms with Crippen LogP contribution in [0.15, 0.2) is 0 Å². The van der Waals surface area contributed by atoms with Crippen LogP contribution in [0.1, 0.15) is 52.4 Å². The molecule has 0 aromatic heterocycles. The van der Waals surface area contributed by atoms with E-state index in [9.17, 15) is 0 Å². The molecular formula is C14H26N2. The highest BCUT2D eigenvalue weighted by Gasteiger charge is 2.55. The van der Waals surface area contributed by atoms with Crippen LogP contribution in [0.2, 0.25) is 0 Å². The standard InChI is InChI=1S/C14H26N2/c1-13(2,16)12(15)14-6-9-3-10(7-14)5-11(4-9)8-14/h9-12H,3-8,15-16H2,1-2H3. The highest BCUT2D eigenvalue weighted by atomic mass is 14.9. The highest BCUT2D eigenvalue weighted by Crippen LogP contribution is 2.61. The van der Waals surface area contributed by atoms with E-state index in [0.29, 0.717) is 5.41 Å². The van der Waals surface area contributed by atoms with Crippen molar-refractivity contribution in [1.82, 2.24) is 0 Å². The molecule has 0 saturated heterocycles. The lowest BCUT2D eigenvalue weighted by atomic mass is 9.46. The zero-order valence-electron chi connectivity index (χ0n) is 10.7. The Hall–Kier alpha value is -0.0800. The van der Waals surface area contributed by atoms with Crippen molar-refractivity contribution in [2.75, 3.05) is 0 Å². The Morgan fingerprint density at radius 3 is 1.69 bits per heavy atom. The van der Waals surface area contributed by atoms with Gasteiger partial charge in [0.05, 0.1) is 0 Å². The van der Waals surface area contributed by atoms with Gasteiger partial charge in [0.2, 0.25) is 0 Å². The van der Waals surface area contributed by atoms with E-state index >= 15 is 0 Å². The maximum absolute atomic E-state index is 6.52. The lowest BCUT2D eigenvalue weighted by Crippen LogP contribution is -2.64. The van der Waals surface area contributed by atoms with Gasteiger partial charge in [-0.1, -0.05) is 0 Å². The number of rotatable bonds is 2. The predicted octanol–water partition coefficient (Wildman–Crippen LogP) is 2.27. The van der Waals surface area contributed by atoms with Crippen molar-refractivity contribution in [3.8, 4) is 0 Å². The molecule has 2 nitrogen and oxygen atoms in total. The van der Waals surface area contributed by atoms with Gasteiger partial charge in [-0.3, -0.25) is 0 Å². The Balaban J connectivity index is 1.88. The van der Waals surface area contributed by atoms with Crippen LogP contribution >= 0.6 is 0 Å². The Morgan fingerprint density at radius 1 is 1.00 bits per heavy atom. The van der Waals surface area contributed by atoms with Crippen LogP contribution in [-0.4, -0.2) is 11.6 Å². The first-order valence-corrected chi connectivity index (χ1v) is 6.93. The third kappa shape index (κ3) is 1.53. The second kappa shape index (κ2) is 3.23. The molecule has 4 rings (SSSR count). The average molecular weight is 222 g/mol. The third-order valence-electron chi connectivity index (χ3n) is 5.55. The van der Waals surface area contributed by atoms with E-state index in [1.54, 1.807) is 0 Å². The fraction of sp³-hybridized carbons (Fsp3) is 1.00. The van der Waals surface area contributed by atoms with Gasteiger partial charge < -0.3 is 11.5 Å². The second-order valence-electron chi connectivity index (χ2n) is 7.58. The lowest BCUT2D eigenvalue weighted by molar-refractivity contribution is -0.0772. The van der Waals surface area contributed by atoms with Gasteiger partial charge in [-0.25, -0.2) is 0 Å². The molecule has 0 amide bonds. The van der Waals surface area contributed by atoms with Crippen molar-refractivity contribution in [2.24, 2.45) is 34.6 Å². The zero-order valence-corrected chi connectivity index (χ0v) is 10.7. The lowest BCUT2D eigenvalue weighted by Gasteiger charge is -2.60. The number of hydrogen-bond donors (Lipinski definition) is 2. The Bertz CT molecular complexity index is 254. The monoisotopic (exact) mass is 222 g/mol. The van der Waals surface area contributed by atoms with E-state index in [-0.39, 0.29) is 11.6 Å². The third-order valence-corrected chi connectivity index (χ3v) is 5.55. The molecule has 1 atom stereocenters. The number of hydrogen-bond acceptors (Lipinski definition) is 2. The molecule has 4 fully saturated rings.